The van der Waals surface area contributed by atoms with Gasteiger partial charge in [-0.25, -0.2) is 0 Å². The van der Waals surface area contributed by atoms with Gasteiger partial charge in [0.2, 0.25) is 0 Å². The van der Waals surface area contributed by atoms with Crippen molar-refractivity contribution in [3.63, 3.8) is 0 Å². The van der Waals surface area contributed by atoms with Gasteiger partial charge < -0.3 is 5.73 Å². The van der Waals surface area contributed by atoms with Gasteiger partial charge in [-0.3, -0.25) is 0 Å². The zero-order valence-corrected chi connectivity index (χ0v) is 3.64. The molecule has 2 N–H and O–H groups in total. The molecule has 0 aliphatic rings. The van der Waals surface area contributed by atoms with Crippen molar-refractivity contribution in [2.75, 3.05) is 7.05 Å². The maximum atomic E-state index is 4.50. The van der Waals surface area contributed by atoms with E-state index in [2.05, 4.69) is 5.73 Å². The van der Waals surface area contributed by atoms with Gasteiger partial charge in [-0.2, -0.15) is 0 Å². The molecule has 0 aromatic rings. The summed E-state index contributed by atoms with van der Waals surface area (Å²) in [4.78, 5) is 0. The van der Waals surface area contributed by atoms with Gasteiger partial charge in [-0.1, -0.05) is 0 Å². The monoisotopic (exact) mass is 121 g/mol. The fourth-order valence-electron chi connectivity index (χ4n) is 0. The average Bonchev–Trinajstić information content (AvgIpc) is 1.00. The summed E-state index contributed by atoms with van der Waals surface area (Å²) in [6.45, 7) is 0. The third-order valence-corrected chi connectivity index (χ3v) is 0. The van der Waals surface area contributed by atoms with Gasteiger partial charge in [0.05, 0.1) is 0 Å². The van der Waals surface area contributed by atoms with Crippen molar-refractivity contribution in [2.24, 2.45) is 5.73 Å². The van der Waals surface area contributed by atoms with Gasteiger partial charge in [0.15, 0.2) is 0 Å². The van der Waals surface area contributed by atoms with Crippen LogP contribution < -0.4 is 5.73 Å². The molecule has 0 atom stereocenters. The Labute approximate surface area is 71.2 Å². The zero-order chi connectivity index (χ0) is 2.00. The maximum absolute atomic E-state index is 4.50. The van der Waals surface area contributed by atoms with E-state index in [9.17, 15) is 0 Å². The Kier molecular flexibility index (Phi) is 85.6. The fraction of sp³-hybridized carbons (Fsp3) is 1.00. The van der Waals surface area contributed by atoms with Gasteiger partial charge in [-0.05, 0) is 7.05 Å². The Balaban J connectivity index is -0.00000000500. The number of hydrogen-bond acceptors (Lipinski definition) is 1. The van der Waals surface area contributed by atoms with Gasteiger partial charge in [0.25, 0.3) is 0 Å². The summed E-state index contributed by atoms with van der Waals surface area (Å²) in [5.41, 5.74) is 4.50. The van der Waals surface area contributed by atoms with E-state index in [4.69, 9.17) is 0 Å². The molecule has 0 saturated carbocycles. The Morgan fingerprint density at radius 1 is 1.25 bits per heavy atom. The van der Waals surface area contributed by atoms with Crippen LogP contribution >= 0.6 is 0 Å². The Morgan fingerprint density at radius 2 is 1.25 bits per heavy atom. The molecule has 0 fully saturated rings. The van der Waals surface area contributed by atoms with Gasteiger partial charge >= 0.3 is 37.7 Å². The SMILES string of the molecule is CN.[CaH2].[Ti]. The van der Waals surface area contributed by atoms with Crippen molar-refractivity contribution in [1.29, 1.82) is 0 Å². The van der Waals surface area contributed by atoms with E-state index in [1.54, 1.807) is 0 Å². The van der Waals surface area contributed by atoms with Crippen LogP contribution in [-0.4, -0.2) is 44.8 Å². The van der Waals surface area contributed by atoms with Crippen LogP contribution in [0.3, 0.4) is 0 Å². The Hall–Kier alpha value is 1.93. The van der Waals surface area contributed by atoms with Gasteiger partial charge in [-0.15, -0.1) is 0 Å². The Morgan fingerprint density at radius 3 is 1.25 bits per heavy atom. The number of nitrogens with two attached hydrogens (primary N) is 1. The molecular formula is CH7CaNTi. The first kappa shape index (κ1) is 16.8. The molecule has 22 valence electrons. The van der Waals surface area contributed by atoms with Gasteiger partial charge in [0, 0.05) is 21.7 Å². The van der Waals surface area contributed by atoms with Crippen LogP contribution in [0.1, 0.15) is 0 Å². The molecular weight excluding hydrogens is 114 g/mol. The van der Waals surface area contributed by atoms with Crippen LogP contribution in [-0.2, 0) is 21.7 Å². The standard InChI is InChI=1S/CH5N.Ca.Ti.2H/c1-2;;;;/h2H2,1H3;;;;. The average molecular weight is 121 g/mol. The van der Waals surface area contributed by atoms with Crippen molar-refractivity contribution >= 4 is 37.7 Å². The van der Waals surface area contributed by atoms with Crippen LogP contribution in [0.2, 0.25) is 0 Å². The molecule has 0 unspecified atom stereocenters. The molecule has 0 bridgehead atoms. The summed E-state index contributed by atoms with van der Waals surface area (Å²) in [5.74, 6) is 0. The molecule has 0 aliphatic heterocycles. The fourth-order valence-corrected chi connectivity index (χ4v) is 0. The minimum atomic E-state index is 0. The van der Waals surface area contributed by atoms with E-state index < -0.39 is 0 Å². The minimum absolute atomic E-state index is 0. The van der Waals surface area contributed by atoms with Crippen LogP contribution in [0, 0.1) is 0 Å². The smallest absolute Gasteiger partial charge is 0 e. The van der Waals surface area contributed by atoms with Crippen LogP contribution in [0.4, 0.5) is 0 Å². The van der Waals surface area contributed by atoms with Crippen LogP contribution in [0.25, 0.3) is 0 Å². The van der Waals surface area contributed by atoms with Crippen LogP contribution in [0.5, 0.6) is 0 Å². The number of rotatable bonds is 0. The summed E-state index contributed by atoms with van der Waals surface area (Å²) in [6, 6.07) is 0. The molecule has 0 heterocycles. The second kappa shape index (κ2) is 20.4. The predicted octanol–water partition coefficient (Wildman–Crippen LogP) is -1.34. The molecule has 0 saturated heterocycles. The molecule has 0 aliphatic carbocycles. The van der Waals surface area contributed by atoms with E-state index >= 15 is 0 Å². The van der Waals surface area contributed by atoms with Gasteiger partial charge in [0.1, 0.15) is 0 Å². The number of hydrogen-bond donors (Lipinski definition) is 1. The topological polar surface area (TPSA) is 26.0 Å². The summed E-state index contributed by atoms with van der Waals surface area (Å²) in [7, 11) is 1.50. The van der Waals surface area contributed by atoms with Crippen LogP contribution in [0.15, 0.2) is 0 Å². The van der Waals surface area contributed by atoms with E-state index in [0.29, 0.717) is 0 Å². The minimum Gasteiger partial charge on any atom is 0 e. The Bertz CT molecular complexity index is 8.00. The summed E-state index contributed by atoms with van der Waals surface area (Å²) >= 11 is 0. The molecule has 0 spiro atoms. The maximum Gasteiger partial charge on any atom is 0 e. The van der Waals surface area contributed by atoms with Crippen molar-refractivity contribution in [3.05, 3.63) is 0 Å². The van der Waals surface area contributed by atoms with E-state index in [1.165, 1.54) is 7.05 Å². The molecule has 0 aromatic heterocycles. The molecule has 1 nitrogen and oxygen atoms in total. The first-order valence-electron chi connectivity index (χ1n) is 0.577. The van der Waals surface area contributed by atoms with Crippen molar-refractivity contribution < 1.29 is 21.7 Å². The van der Waals surface area contributed by atoms with Crippen molar-refractivity contribution in [1.82, 2.24) is 0 Å². The zero-order valence-electron chi connectivity index (χ0n) is 2.08. The quantitative estimate of drug-likeness (QED) is 0.394. The molecule has 0 aromatic carbocycles. The molecule has 0 amide bonds. The van der Waals surface area contributed by atoms with Crippen molar-refractivity contribution in [3.8, 4) is 0 Å². The first-order chi connectivity index (χ1) is 1.00. The summed E-state index contributed by atoms with van der Waals surface area (Å²) < 4.78 is 0. The second-order valence-corrected chi connectivity index (χ2v) is 0. The largest absolute Gasteiger partial charge is 0 e. The molecule has 4 heavy (non-hydrogen) atoms. The molecule has 0 radical (unpaired) electrons. The first-order valence-corrected chi connectivity index (χ1v) is 0.577. The molecule has 0 rings (SSSR count). The summed E-state index contributed by atoms with van der Waals surface area (Å²) in [6.07, 6.45) is 0. The van der Waals surface area contributed by atoms with E-state index in [1.807, 2.05) is 0 Å². The van der Waals surface area contributed by atoms with E-state index in [0.717, 1.165) is 0 Å². The third kappa shape index (κ3) is 9.05. The third-order valence-electron chi connectivity index (χ3n) is 0. The normalized spacial score (nSPS) is 1.50. The molecule has 3 heteroatoms. The predicted molar refractivity (Wildman–Crippen MR) is 18.7 cm³/mol. The van der Waals surface area contributed by atoms with E-state index in [-0.39, 0.29) is 59.5 Å². The summed E-state index contributed by atoms with van der Waals surface area (Å²) in [5, 5.41) is 0. The second-order valence-electron chi connectivity index (χ2n) is 0. The van der Waals surface area contributed by atoms with Crippen molar-refractivity contribution in [2.45, 2.75) is 0 Å².